The molecule has 3 heteroatoms. The van der Waals surface area contributed by atoms with Crippen LogP contribution in [0.1, 0.15) is 169 Å². The Morgan fingerprint density at radius 1 is 0.317 bits per heavy atom. The van der Waals surface area contributed by atoms with Gasteiger partial charge in [0.2, 0.25) is 0 Å². The predicted octanol–water partition coefficient (Wildman–Crippen LogP) is 19.7. The molecule has 0 spiro atoms. The molecule has 0 radical (unpaired) electrons. The third kappa shape index (κ3) is 18.0. The van der Waals surface area contributed by atoms with Gasteiger partial charge in [-0.2, -0.15) is 13.2 Å². The summed E-state index contributed by atoms with van der Waals surface area (Å²) < 4.78 is 40.4. The van der Waals surface area contributed by atoms with Crippen LogP contribution in [-0.4, -0.2) is 6.18 Å². The fourth-order valence-electron chi connectivity index (χ4n) is 7.33. The van der Waals surface area contributed by atoms with Gasteiger partial charge in [-0.15, -0.1) is 0 Å². The standard InChI is InChI=1S/C18H20.C15H13F3.C15H16.6C2H6/c1-4-10-16(11-5-1)18(14-8-3-9-15-18)17-12-6-2-7-13-17;1-14(15(16,17)18,12-8-4-2-5-9-12)13-10-6-3-7-11-13;1-15(2,13-9-5-3-6-10-13)14-11-7-4-8-12-14;6*1-2/h1-2,4-7,10-13H,3,8-9,14-15H2;2-11H,1H3;3-12H,1-2H3;6*1-2H3. The molecule has 1 aliphatic rings. The summed E-state index contributed by atoms with van der Waals surface area (Å²) >= 11 is 0. The van der Waals surface area contributed by atoms with E-state index in [1.165, 1.54) is 85.5 Å². The van der Waals surface area contributed by atoms with E-state index in [4.69, 9.17) is 0 Å². The average molecular weight is 863 g/mol. The zero-order chi connectivity index (χ0) is 48.2. The van der Waals surface area contributed by atoms with Crippen LogP contribution >= 0.6 is 0 Å². The lowest BCUT2D eigenvalue weighted by Gasteiger charge is -2.38. The monoisotopic (exact) mass is 863 g/mol. The highest BCUT2D eigenvalue weighted by molar-refractivity contribution is 5.41. The van der Waals surface area contributed by atoms with E-state index < -0.39 is 11.6 Å². The van der Waals surface area contributed by atoms with Crippen LogP contribution in [0.5, 0.6) is 0 Å². The maximum Gasteiger partial charge on any atom is 0.402 e. The van der Waals surface area contributed by atoms with E-state index in [1.807, 2.05) is 83.1 Å². The van der Waals surface area contributed by atoms with E-state index in [2.05, 4.69) is 135 Å². The molecule has 0 nitrogen and oxygen atoms in total. The van der Waals surface area contributed by atoms with Gasteiger partial charge in [0.25, 0.3) is 0 Å². The highest BCUT2D eigenvalue weighted by atomic mass is 19.4. The Balaban J connectivity index is 0. The minimum absolute atomic E-state index is 0.0858. The molecule has 0 heterocycles. The van der Waals surface area contributed by atoms with Gasteiger partial charge in [-0.3, -0.25) is 0 Å². The highest BCUT2D eigenvalue weighted by Crippen LogP contribution is 2.46. The molecule has 63 heavy (non-hydrogen) atoms. The van der Waals surface area contributed by atoms with Crippen molar-refractivity contribution in [3.63, 3.8) is 0 Å². The van der Waals surface area contributed by atoms with Crippen LogP contribution in [0.25, 0.3) is 0 Å². The third-order valence-corrected chi connectivity index (χ3v) is 10.6. The summed E-state index contributed by atoms with van der Waals surface area (Å²) in [7, 11) is 0. The maximum atomic E-state index is 13.5. The van der Waals surface area contributed by atoms with Crippen LogP contribution in [-0.2, 0) is 16.2 Å². The number of halogens is 3. The van der Waals surface area contributed by atoms with Gasteiger partial charge >= 0.3 is 6.18 Å². The first kappa shape index (κ1) is 60.2. The molecule has 0 unspecified atom stereocenters. The number of alkyl halides is 3. The number of rotatable bonds is 6. The summed E-state index contributed by atoms with van der Waals surface area (Å²) in [5.41, 5.74) is 4.59. The van der Waals surface area contributed by atoms with Crippen molar-refractivity contribution in [3.05, 3.63) is 215 Å². The predicted molar refractivity (Wildman–Crippen MR) is 275 cm³/mol. The Morgan fingerprint density at radius 3 is 0.778 bits per heavy atom. The first-order valence-electron chi connectivity index (χ1n) is 24.0. The van der Waals surface area contributed by atoms with Gasteiger partial charge in [-0.25, -0.2) is 0 Å². The fourth-order valence-corrected chi connectivity index (χ4v) is 7.33. The lowest BCUT2D eigenvalue weighted by atomic mass is 9.65. The topological polar surface area (TPSA) is 0 Å². The molecule has 0 saturated heterocycles. The van der Waals surface area contributed by atoms with Crippen molar-refractivity contribution < 1.29 is 13.2 Å². The van der Waals surface area contributed by atoms with Crippen LogP contribution in [0.4, 0.5) is 13.2 Å². The molecule has 0 atom stereocenters. The second-order valence-electron chi connectivity index (χ2n) is 14.1. The van der Waals surface area contributed by atoms with Crippen LogP contribution in [0.3, 0.4) is 0 Å². The van der Waals surface area contributed by atoms with E-state index in [9.17, 15) is 13.2 Å². The first-order chi connectivity index (χ1) is 30.6. The largest absolute Gasteiger partial charge is 0.402 e. The van der Waals surface area contributed by atoms with E-state index >= 15 is 0 Å². The fraction of sp³-hybridized carbons (Fsp3) is 0.400. The minimum atomic E-state index is -4.34. The molecule has 1 fully saturated rings. The summed E-state index contributed by atoms with van der Waals surface area (Å²) in [4.78, 5) is 0. The Bertz CT molecular complexity index is 1720. The summed E-state index contributed by atoms with van der Waals surface area (Å²) in [5.74, 6) is 0. The van der Waals surface area contributed by atoms with Crippen LogP contribution in [0, 0.1) is 0 Å². The van der Waals surface area contributed by atoms with Crippen LogP contribution in [0.15, 0.2) is 182 Å². The Labute approximate surface area is 385 Å². The van der Waals surface area contributed by atoms with Crippen molar-refractivity contribution in [1.29, 1.82) is 0 Å². The van der Waals surface area contributed by atoms with Crippen molar-refractivity contribution in [3.8, 4) is 0 Å². The molecular weight excluding hydrogens is 778 g/mol. The highest BCUT2D eigenvalue weighted by Gasteiger charge is 2.53. The van der Waals surface area contributed by atoms with Crippen molar-refractivity contribution >= 4 is 0 Å². The Kier molecular flexibility index (Phi) is 33.0. The number of benzene rings is 6. The zero-order valence-electron chi connectivity index (χ0n) is 42.0. The summed E-state index contributed by atoms with van der Waals surface area (Å²) in [6, 6.07) is 59.4. The molecule has 0 amide bonds. The van der Waals surface area contributed by atoms with Gasteiger partial charge in [0.05, 0.1) is 0 Å². The molecule has 346 valence electrons. The van der Waals surface area contributed by atoms with Crippen LogP contribution in [0.2, 0.25) is 0 Å². The molecule has 1 aliphatic carbocycles. The van der Waals surface area contributed by atoms with Gasteiger partial charge < -0.3 is 0 Å². The van der Waals surface area contributed by atoms with Crippen molar-refractivity contribution in [1.82, 2.24) is 0 Å². The van der Waals surface area contributed by atoms with Crippen LogP contribution < -0.4 is 0 Å². The normalized spacial score (nSPS) is 12.1. The van der Waals surface area contributed by atoms with Gasteiger partial charge in [-0.05, 0) is 53.1 Å². The molecular formula is C60H85F3. The van der Waals surface area contributed by atoms with E-state index in [1.54, 1.807) is 36.4 Å². The molecule has 0 bridgehead atoms. The second-order valence-corrected chi connectivity index (χ2v) is 14.1. The lowest BCUT2D eigenvalue weighted by Crippen LogP contribution is -2.40. The van der Waals surface area contributed by atoms with Gasteiger partial charge in [0.1, 0.15) is 5.41 Å². The minimum Gasteiger partial charge on any atom is -0.170 e. The van der Waals surface area contributed by atoms with Gasteiger partial charge in [0, 0.05) is 10.8 Å². The van der Waals surface area contributed by atoms with E-state index in [-0.39, 0.29) is 22.0 Å². The SMILES string of the molecule is CC.CC.CC.CC.CC.CC.CC(C)(c1ccccc1)c1ccccc1.CC(c1ccccc1)(c1ccccc1)C(F)(F)F.c1ccc(C2(c3ccccc3)CCCCC2)cc1. The summed E-state index contributed by atoms with van der Waals surface area (Å²) in [5, 5.41) is 0. The lowest BCUT2D eigenvalue weighted by molar-refractivity contribution is -0.173. The van der Waals surface area contributed by atoms with Crippen molar-refractivity contribution in [2.45, 2.75) is 158 Å². The van der Waals surface area contributed by atoms with Crippen molar-refractivity contribution in [2.75, 3.05) is 0 Å². The molecule has 1 saturated carbocycles. The number of hydrogen-bond acceptors (Lipinski definition) is 0. The third-order valence-electron chi connectivity index (χ3n) is 10.6. The second kappa shape index (κ2) is 34.6. The van der Waals surface area contributed by atoms with E-state index in [0.29, 0.717) is 0 Å². The molecule has 6 aromatic rings. The molecule has 7 rings (SSSR count). The van der Waals surface area contributed by atoms with Crippen molar-refractivity contribution in [2.24, 2.45) is 0 Å². The summed E-state index contributed by atoms with van der Waals surface area (Å²) in [6.45, 7) is 29.7. The Morgan fingerprint density at radius 2 is 0.540 bits per heavy atom. The molecule has 6 aromatic carbocycles. The number of hydrogen-bond donors (Lipinski definition) is 0. The van der Waals surface area contributed by atoms with Gasteiger partial charge in [-0.1, -0.05) is 298 Å². The average Bonchev–Trinajstić information content (AvgIpc) is 3.39. The zero-order valence-corrected chi connectivity index (χ0v) is 42.0. The molecule has 0 N–H and O–H groups in total. The molecule has 0 aliphatic heterocycles. The molecule has 0 aromatic heterocycles. The first-order valence-corrected chi connectivity index (χ1v) is 24.0. The summed E-state index contributed by atoms with van der Waals surface area (Å²) in [6.07, 6.45) is 2.34. The van der Waals surface area contributed by atoms with Gasteiger partial charge in [0.15, 0.2) is 0 Å². The Hall–Kier alpha value is -4.89. The van der Waals surface area contributed by atoms with E-state index in [0.717, 1.165) is 0 Å². The smallest absolute Gasteiger partial charge is 0.170 e. The quantitative estimate of drug-likeness (QED) is 0.156. The maximum absolute atomic E-state index is 13.5.